The van der Waals surface area contributed by atoms with Gasteiger partial charge in [-0.25, -0.2) is 14.8 Å². The molecule has 2 heterocycles. The largest absolute Gasteiger partial charge is 0.478 e. The number of carboxylic acids is 1. The lowest BCUT2D eigenvalue weighted by atomic mass is 10.1. The van der Waals surface area contributed by atoms with Crippen LogP contribution in [0.5, 0.6) is 0 Å². The average molecular weight is 391 g/mol. The summed E-state index contributed by atoms with van der Waals surface area (Å²) in [4.78, 5) is 19.5. The Labute approximate surface area is 157 Å². The van der Waals surface area contributed by atoms with E-state index in [1.807, 2.05) is 0 Å². The molecule has 7 nitrogen and oxygen atoms in total. The highest BCUT2D eigenvalue weighted by molar-refractivity contribution is 5.88. The molecular formula is C18H16F3N5O2. The number of nitrogens with zero attached hydrogens (tertiary/aromatic N) is 4. The Hall–Kier alpha value is -3.43. The van der Waals surface area contributed by atoms with E-state index in [0.29, 0.717) is 16.9 Å². The predicted molar refractivity (Wildman–Crippen MR) is 95.4 cm³/mol. The quantitative estimate of drug-likeness (QED) is 0.677. The van der Waals surface area contributed by atoms with Crippen LogP contribution in [-0.2, 0) is 0 Å². The summed E-state index contributed by atoms with van der Waals surface area (Å²) in [5.74, 6) is -0.847. The number of aromatic carboxylic acids is 1. The average Bonchev–Trinajstić information content (AvgIpc) is 3.10. The van der Waals surface area contributed by atoms with E-state index in [2.05, 4.69) is 20.4 Å². The molecule has 0 saturated carbocycles. The molecule has 0 aliphatic rings. The second-order valence-corrected chi connectivity index (χ2v) is 6.16. The van der Waals surface area contributed by atoms with Crippen molar-refractivity contribution in [3.63, 3.8) is 0 Å². The van der Waals surface area contributed by atoms with Gasteiger partial charge in [0.05, 0.1) is 23.1 Å². The maximum Gasteiger partial charge on any atom is 0.410 e. The Morgan fingerprint density at radius 3 is 2.50 bits per heavy atom. The van der Waals surface area contributed by atoms with E-state index in [1.54, 1.807) is 25.3 Å². The number of anilines is 2. The molecule has 1 aromatic carbocycles. The van der Waals surface area contributed by atoms with Gasteiger partial charge in [0.2, 0.25) is 5.95 Å². The normalized spacial score (nSPS) is 12.6. The number of carboxylic acid groups (broad SMARTS) is 1. The van der Waals surface area contributed by atoms with Crippen LogP contribution in [-0.4, -0.2) is 37.0 Å². The summed E-state index contributed by atoms with van der Waals surface area (Å²) >= 11 is 0. The third-order valence-electron chi connectivity index (χ3n) is 4.11. The summed E-state index contributed by atoms with van der Waals surface area (Å²) in [5, 5.41) is 15.5. The Kier molecular flexibility index (Phi) is 5.04. The number of hydrogen-bond donors (Lipinski definition) is 2. The van der Waals surface area contributed by atoms with E-state index >= 15 is 0 Å². The van der Waals surface area contributed by atoms with Crippen molar-refractivity contribution in [2.75, 3.05) is 5.32 Å². The molecule has 0 saturated heterocycles. The van der Waals surface area contributed by atoms with Gasteiger partial charge in [-0.1, -0.05) is 12.1 Å². The molecule has 10 heteroatoms. The van der Waals surface area contributed by atoms with Crippen molar-refractivity contribution in [3.05, 3.63) is 54.0 Å². The van der Waals surface area contributed by atoms with Gasteiger partial charge < -0.3 is 10.4 Å². The van der Waals surface area contributed by atoms with Gasteiger partial charge in [0, 0.05) is 18.0 Å². The van der Waals surface area contributed by atoms with E-state index < -0.39 is 18.2 Å². The van der Waals surface area contributed by atoms with Crippen LogP contribution in [0.4, 0.5) is 24.8 Å². The van der Waals surface area contributed by atoms with E-state index in [-0.39, 0.29) is 11.5 Å². The summed E-state index contributed by atoms with van der Waals surface area (Å²) in [6.45, 7) is 2.81. The molecule has 28 heavy (non-hydrogen) atoms. The first-order chi connectivity index (χ1) is 13.1. The van der Waals surface area contributed by atoms with E-state index in [0.717, 1.165) is 17.2 Å². The van der Waals surface area contributed by atoms with E-state index in [9.17, 15) is 18.0 Å². The first-order valence-corrected chi connectivity index (χ1v) is 8.20. The minimum Gasteiger partial charge on any atom is -0.478 e. The lowest BCUT2D eigenvalue weighted by molar-refractivity contribution is -0.165. The molecule has 1 unspecified atom stereocenters. The second kappa shape index (κ2) is 7.29. The van der Waals surface area contributed by atoms with Gasteiger partial charge in [0.15, 0.2) is 0 Å². The highest BCUT2D eigenvalue weighted by Gasteiger charge is 2.37. The van der Waals surface area contributed by atoms with Gasteiger partial charge >= 0.3 is 12.1 Å². The number of carbonyl (C=O) groups is 1. The number of aromatic nitrogens is 4. The molecule has 3 rings (SSSR count). The van der Waals surface area contributed by atoms with Crippen molar-refractivity contribution >= 4 is 17.6 Å². The molecule has 0 aliphatic heterocycles. The first kappa shape index (κ1) is 19.3. The zero-order valence-corrected chi connectivity index (χ0v) is 14.9. The molecule has 146 valence electrons. The second-order valence-electron chi connectivity index (χ2n) is 6.16. The fraction of sp³-hybridized carbons (Fsp3) is 0.222. The summed E-state index contributed by atoms with van der Waals surface area (Å²) in [6, 6.07) is 4.44. The van der Waals surface area contributed by atoms with Crippen molar-refractivity contribution in [2.45, 2.75) is 26.1 Å². The summed E-state index contributed by atoms with van der Waals surface area (Å²) in [7, 11) is 0. The number of halogens is 3. The Morgan fingerprint density at radius 2 is 1.89 bits per heavy atom. The zero-order valence-electron chi connectivity index (χ0n) is 14.9. The maximum atomic E-state index is 12.8. The third kappa shape index (κ3) is 4.11. The van der Waals surface area contributed by atoms with Crippen LogP contribution >= 0.6 is 0 Å². The van der Waals surface area contributed by atoms with Crippen LogP contribution in [0.1, 0.15) is 28.9 Å². The molecule has 0 bridgehead atoms. The Balaban J connectivity index is 1.84. The SMILES string of the molecule is Cc1cnc(Nc2cnn(C(C)C(F)(F)F)c2)nc1-c1ccc(C(=O)O)cc1. The molecule has 2 aromatic heterocycles. The predicted octanol–water partition coefficient (Wildman–Crippen LogP) is 4.21. The van der Waals surface area contributed by atoms with Gasteiger partial charge in [-0.15, -0.1) is 0 Å². The number of alkyl halides is 3. The third-order valence-corrected chi connectivity index (χ3v) is 4.11. The van der Waals surface area contributed by atoms with E-state index in [1.165, 1.54) is 24.5 Å². The van der Waals surface area contributed by atoms with Crippen LogP contribution in [0.15, 0.2) is 42.9 Å². The van der Waals surface area contributed by atoms with Crippen molar-refractivity contribution < 1.29 is 23.1 Å². The number of benzene rings is 1. The van der Waals surface area contributed by atoms with Crippen molar-refractivity contribution in [2.24, 2.45) is 0 Å². The van der Waals surface area contributed by atoms with Crippen LogP contribution in [0, 0.1) is 6.92 Å². The lowest BCUT2D eigenvalue weighted by Crippen LogP contribution is -2.23. The number of rotatable bonds is 5. The maximum absolute atomic E-state index is 12.8. The highest BCUT2D eigenvalue weighted by Crippen LogP contribution is 2.30. The zero-order chi connectivity index (χ0) is 20.5. The molecule has 1 atom stereocenters. The molecule has 2 N–H and O–H groups in total. The number of hydrogen-bond acceptors (Lipinski definition) is 5. The van der Waals surface area contributed by atoms with Gasteiger partial charge in [0.25, 0.3) is 0 Å². The molecule has 0 amide bonds. The van der Waals surface area contributed by atoms with Gasteiger partial charge in [-0.05, 0) is 31.5 Å². The van der Waals surface area contributed by atoms with Crippen molar-refractivity contribution in [1.29, 1.82) is 0 Å². The van der Waals surface area contributed by atoms with Crippen LogP contribution < -0.4 is 5.32 Å². The first-order valence-electron chi connectivity index (χ1n) is 8.20. The van der Waals surface area contributed by atoms with Crippen molar-refractivity contribution in [1.82, 2.24) is 19.7 Å². The molecule has 0 fully saturated rings. The number of nitrogens with one attached hydrogen (secondary N) is 1. The standard InChI is InChI=1S/C18H16F3N5O2/c1-10-7-22-17(24-14-8-23-26(9-14)11(2)18(19,20)21)25-15(10)12-3-5-13(6-4-12)16(27)28/h3-9,11H,1-2H3,(H,27,28)(H,22,24,25). The molecule has 0 radical (unpaired) electrons. The fourth-order valence-electron chi connectivity index (χ4n) is 2.46. The van der Waals surface area contributed by atoms with Crippen LogP contribution in [0.25, 0.3) is 11.3 Å². The summed E-state index contributed by atoms with van der Waals surface area (Å²) in [5.41, 5.74) is 2.49. The van der Waals surface area contributed by atoms with Gasteiger partial charge in [-0.3, -0.25) is 4.68 Å². The monoisotopic (exact) mass is 391 g/mol. The lowest BCUT2D eigenvalue weighted by Gasteiger charge is -2.15. The number of aryl methyl sites for hydroxylation is 1. The van der Waals surface area contributed by atoms with Gasteiger partial charge in [-0.2, -0.15) is 18.3 Å². The topological polar surface area (TPSA) is 92.9 Å². The minimum atomic E-state index is -4.40. The Bertz CT molecular complexity index is 999. The van der Waals surface area contributed by atoms with Crippen molar-refractivity contribution in [3.8, 4) is 11.3 Å². The summed E-state index contributed by atoms with van der Waals surface area (Å²) < 4.78 is 39.2. The molecule has 0 aliphatic carbocycles. The molecular weight excluding hydrogens is 375 g/mol. The fourth-order valence-corrected chi connectivity index (χ4v) is 2.46. The van der Waals surface area contributed by atoms with Crippen LogP contribution in [0.3, 0.4) is 0 Å². The van der Waals surface area contributed by atoms with Crippen LogP contribution in [0.2, 0.25) is 0 Å². The molecule has 3 aromatic rings. The summed E-state index contributed by atoms with van der Waals surface area (Å²) in [6.07, 6.45) is -0.354. The smallest absolute Gasteiger partial charge is 0.410 e. The highest BCUT2D eigenvalue weighted by atomic mass is 19.4. The van der Waals surface area contributed by atoms with Gasteiger partial charge in [0.1, 0.15) is 6.04 Å². The Morgan fingerprint density at radius 1 is 1.21 bits per heavy atom. The molecule has 0 spiro atoms. The van der Waals surface area contributed by atoms with E-state index in [4.69, 9.17) is 5.11 Å². The minimum absolute atomic E-state index is 0.153.